The van der Waals surface area contributed by atoms with E-state index in [4.69, 9.17) is 0 Å². The van der Waals surface area contributed by atoms with Gasteiger partial charge in [-0.3, -0.25) is 0 Å². The SMILES string of the molecule is Cc1ccccc1C1=C(C(C)(C)c2ccccc2)[IH](=O)C=C1.Fc1c(F)c(F)c([B-](c2c(F)c(F)c(F)c(F)c2F)(c2c(F)c(F)c(F)c(F)c2F)c2c(F)c(F)c(F)c(F)c2F)c(F)c1F. The molecule has 0 radical (unpaired) electrons. The molecule has 0 fully saturated rings. The first-order valence-corrected chi connectivity index (χ1v) is 21.9. The van der Waals surface area contributed by atoms with Crippen LogP contribution in [0.4, 0.5) is 87.8 Å². The largest absolute Gasteiger partial charge is 0.207 e. The summed E-state index contributed by atoms with van der Waals surface area (Å²) in [5.41, 5.74) is -9.71. The summed E-state index contributed by atoms with van der Waals surface area (Å²) in [6.45, 7) is 6.50. The summed E-state index contributed by atoms with van der Waals surface area (Å²) >= 11 is -2.59. The molecule has 1 nitrogen and oxygen atoms in total. The van der Waals surface area contributed by atoms with E-state index in [-0.39, 0.29) is 5.41 Å². The number of halogens is 21. The predicted octanol–water partition coefficient (Wildman–Crippen LogP) is 11.6. The van der Waals surface area contributed by atoms with E-state index in [1.807, 2.05) is 10.1 Å². The van der Waals surface area contributed by atoms with Gasteiger partial charge in [-0.25, -0.2) is 87.8 Å². The number of aryl methyl sites for hydroxylation is 1. The Morgan fingerprint density at radius 3 is 0.955 bits per heavy atom. The van der Waals surface area contributed by atoms with E-state index >= 15 is 35.1 Å². The van der Waals surface area contributed by atoms with Crippen LogP contribution in [0.3, 0.4) is 0 Å². The smallest absolute Gasteiger partial charge is 0.200 e. The second-order valence-corrected chi connectivity index (χ2v) is 18.6. The third-order valence-corrected chi connectivity index (χ3v) is 15.3. The van der Waals surface area contributed by atoms with Gasteiger partial charge in [0, 0.05) is 0 Å². The Kier molecular flexibility index (Phi) is 13.7. The molecule has 6 aromatic rings. The third kappa shape index (κ3) is 7.69. The topological polar surface area (TPSA) is 17.1 Å². The number of hydrogen-bond donors (Lipinski definition) is 0. The summed E-state index contributed by atoms with van der Waals surface area (Å²) in [5, 5.41) is 0. The molecule has 1 heterocycles. The molecule has 0 bridgehead atoms. The van der Waals surface area contributed by atoms with Gasteiger partial charge in [-0.1, -0.05) is 0 Å². The monoisotopic (exact) mass is 1080 g/mol. The van der Waals surface area contributed by atoms with Gasteiger partial charge in [0.25, 0.3) is 0 Å². The molecular weight excluding hydrogens is 1060 g/mol. The molecule has 1 unspecified atom stereocenters. The molecule has 1 aliphatic rings. The van der Waals surface area contributed by atoms with Crippen molar-refractivity contribution in [3.63, 3.8) is 0 Å². The molecule has 1 atom stereocenters. The molecular formula is C44H21BF20IO-. The maximum Gasteiger partial charge on any atom is 0.200 e. The fraction of sp³-hybridized carbons (Fsp3) is 0.0909. The van der Waals surface area contributed by atoms with Gasteiger partial charge in [-0.15, -0.1) is 21.9 Å². The second kappa shape index (κ2) is 18.2. The summed E-state index contributed by atoms with van der Waals surface area (Å²) in [6, 6.07) is 18.8. The van der Waals surface area contributed by atoms with Crippen molar-refractivity contribution in [1.29, 1.82) is 0 Å². The number of benzene rings is 6. The first-order chi connectivity index (χ1) is 31.2. The van der Waals surface area contributed by atoms with E-state index in [1.54, 1.807) is 0 Å². The quantitative estimate of drug-likeness (QED) is 0.0512. The predicted molar refractivity (Wildman–Crippen MR) is 212 cm³/mol. The summed E-state index contributed by atoms with van der Waals surface area (Å²) in [6.07, 6.45) is -5.14. The average Bonchev–Trinajstić information content (AvgIpc) is 3.71. The molecule has 1 aliphatic heterocycles. The fourth-order valence-electron chi connectivity index (χ4n) is 7.92. The minimum absolute atomic E-state index is 0.207. The maximum absolute atomic E-state index is 15.4. The Labute approximate surface area is 370 Å². The molecule has 67 heavy (non-hydrogen) atoms. The summed E-state index contributed by atoms with van der Waals surface area (Å²) in [5.74, 6) is -71.4. The van der Waals surface area contributed by atoms with Crippen LogP contribution in [-0.2, 0) is 8.48 Å². The van der Waals surface area contributed by atoms with Gasteiger partial charge in [-0.2, -0.15) is 0 Å². The Bertz CT molecular complexity index is 2750. The van der Waals surface area contributed by atoms with Gasteiger partial charge >= 0.3 is 140 Å². The molecule has 0 saturated heterocycles. The van der Waals surface area contributed by atoms with Gasteiger partial charge in [0.05, 0.1) is 0 Å². The Balaban J connectivity index is 0.000000279. The van der Waals surface area contributed by atoms with Gasteiger partial charge < -0.3 is 0 Å². The molecule has 0 spiro atoms. The zero-order valence-electron chi connectivity index (χ0n) is 33.3. The minimum Gasteiger partial charge on any atom is -0.207 e. The molecule has 6 aromatic carbocycles. The van der Waals surface area contributed by atoms with E-state index in [9.17, 15) is 55.8 Å². The summed E-state index contributed by atoms with van der Waals surface area (Å²) in [7, 11) is 0. The number of allylic oxidation sites excluding steroid dienone is 3. The van der Waals surface area contributed by atoms with Crippen molar-refractivity contribution in [2.24, 2.45) is 0 Å². The first-order valence-electron chi connectivity index (χ1n) is 18.4. The molecule has 0 N–H and O–H groups in total. The zero-order chi connectivity index (χ0) is 50.1. The normalized spacial score (nSPS) is 14.5. The second-order valence-electron chi connectivity index (χ2n) is 14.9. The van der Waals surface area contributed by atoms with Crippen molar-refractivity contribution in [3.05, 3.63) is 201 Å². The van der Waals surface area contributed by atoms with E-state index in [0.717, 1.165) is 3.58 Å². The first kappa shape index (κ1) is 50.4. The number of rotatable bonds is 7. The molecule has 0 aliphatic carbocycles. The Hall–Kier alpha value is -6.01. The van der Waals surface area contributed by atoms with Crippen LogP contribution < -0.4 is 21.9 Å². The zero-order valence-corrected chi connectivity index (χ0v) is 35.6. The Morgan fingerprint density at radius 1 is 0.388 bits per heavy atom. The van der Waals surface area contributed by atoms with Crippen molar-refractivity contribution in [3.8, 4) is 0 Å². The molecule has 0 amide bonds. The van der Waals surface area contributed by atoms with Crippen molar-refractivity contribution < 1.29 is 90.9 Å². The van der Waals surface area contributed by atoms with Gasteiger partial charge in [-0.05, 0) is 0 Å². The van der Waals surface area contributed by atoms with Crippen LogP contribution in [0.5, 0.6) is 0 Å². The summed E-state index contributed by atoms with van der Waals surface area (Å²) in [4.78, 5) is 0. The van der Waals surface area contributed by atoms with Crippen LogP contribution in [0.25, 0.3) is 5.57 Å². The van der Waals surface area contributed by atoms with Gasteiger partial charge in [0.1, 0.15) is 52.7 Å². The molecule has 354 valence electrons. The number of hydrogen-bond acceptors (Lipinski definition) is 1. The van der Waals surface area contributed by atoms with Crippen molar-refractivity contribution in [2.45, 2.75) is 26.2 Å². The van der Waals surface area contributed by atoms with Crippen molar-refractivity contribution >= 4 is 53.4 Å². The van der Waals surface area contributed by atoms with Crippen LogP contribution >= 0.6 is 19.8 Å². The van der Waals surface area contributed by atoms with E-state index < -0.39 is 164 Å². The van der Waals surface area contributed by atoms with E-state index in [1.165, 1.54) is 22.3 Å². The van der Waals surface area contributed by atoms with E-state index in [2.05, 4.69) is 75.4 Å². The molecule has 7 rings (SSSR count). The van der Waals surface area contributed by atoms with Crippen molar-refractivity contribution in [2.75, 3.05) is 0 Å². The van der Waals surface area contributed by atoms with Crippen LogP contribution in [0.2, 0.25) is 0 Å². The Morgan fingerprint density at radius 2 is 0.657 bits per heavy atom. The van der Waals surface area contributed by atoms with Gasteiger partial charge in [0.15, 0.2) is 69.8 Å². The van der Waals surface area contributed by atoms with Gasteiger partial charge in [0.2, 0.25) is 0 Å². The third-order valence-electron chi connectivity index (χ3n) is 11.0. The van der Waals surface area contributed by atoms with Crippen LogP contribution in [0.15, 0.2) is 68.3 Å². The fourth-order valence-corrected chi connectivity index (χ4v) is 11.9. The maximum atomic E-state index is 15.4. The van der Waals surface area contributed by atoms with Crippen molar-refractivity contribution in [1.82, 2.24) is 0 Å². The van der Waals surface area contributed by atoms with E-state index in [0.29, 0.717) is 0 Å². The summed E-state index contributed by atoms with van der Waals surface area (Å²) < 4.78 is 310. The molecule has 0 aromatic heterocycles. The molecule has 23 heteroatoms. The average molecular weight is 1080 g/mol. The standard InChI is InChI=1S/C24BF20.C20H21IO/c26-5-1(6(27)14(35)21(42)13(5)34)25(2-7(28)15(36)22(43)16(37)8(2)29,3-9(30)17(38)23(44)18(39)10(3)31)4-11(32)19(40)24(45)20(41)12(4)33;1-15-9-7-8-12-17(15)18-13-14-21(22)19(18)20(2,3)16-10-5-4-6-11-16/h;4-14,21H,1-3H3/q-1;. The van der Waals surface area contributed by atoms with Crippen LogP contribution in [-0.4, -0.2) is 6.15 Å². The minimum atomic E-state index is -7.22. The van der Waals surface area contributed by atoms with Crippen LogP contribution in [0.1, 0.15) is 30.5 Å². The van der Waals surface area contributed by atoms with Crippen LogP contribution in [0, 0.1) is 123 Å². The molecule has 0 saturated carbocycles.